The SMILES string of the molecule is CO/N=C(\CNC(=O)c1ccccc1C(F)(F)F)c1ncc(Br)cc1Cl. The smallest absolute Gasteiger partial charge is 0.399 e. The van der Waals surface area contributed by atoms with Crippen molar-refractivity contribution < 1.29 is 22.8 Å². The van der Waals surface area contributed by atoms with Gasteiger partial charge in [-0.3, -0.25) is 9.78 Å². The van der Waals surface area contributed by atoms with E-state index in [2.05, 4.69) is 31.4 Å². The molecule has 0 aliphatic heterocycles. The van der Waals surface area contributed by atoms with E-state index in [0.717, 1.165) is 12.1 Å². The van der Waals surface area contributed by atoms with Crippen LogP contribution in [-0.2, 0) is 11.0 Å². The first-order valence-electron chi connectivity index (χ1n) is 7.10. The molecule has 1 N–H and O–H groups in total. The summed E-state index contributed by atoms with van der Waals surface area (Å²) in [6.07, 6.45) is -3.18. The van der Waals surface area contributed by atoms with Crippen molar-refractivity contribution in [1.82, 2.24) is 10.3 Å². The molecule has 1 amide bonds. The van der Waals surface area contributed by atoms with Crippen molar-refractivity contribution >= 4 is 39.1 Å². The third-order valence-electron chi connectivity index (χ3n) is 3.18. The number of amides is 1. The second-order valence-corrected chi connectivity index (χ2v) is 6.25. The number of nitrogens with one attached hydrogen (secondary N) is 1. The number of carbonyl (C=O) groups is 1. The molecule has 2 rings (SSSR count). The van der Waals surface area contributed by atoms with Crippen LogP contribution in [0, 0.1) is 0 Å². The van der Waals surface area contributed by atoms with Crippen molar-refractivity contribution in [3.63, 3.8) is 0 Å². The Balaban J connectivity index is 2.23. The maximum Gasteiger partial charge on any atom is 0.417 e. The summed E-state index contributed by atoms with van der Waals surface area (Å²) in [6.45, 7) is -0.229. The lowest BCUT2D eigenvalue weighted by Crippen LogP contribution is -2.32. The van der Waals surface area contributed by atoms with Crippen LogP contribution in [0.5, 0.6) is 0 Å². The minimum atomic E-state index is -4.64. The van der Waals surface area contributed by atoms with E-state index in [9.17, 15) is 18.0 Å². The summed E-state index contributed by atoms with van der Waals surface area (Å²) >= 11 is 9.30. The Kier molecular flexibility index (Phi) is 6.60. The molecule has 26 heavy (non-hydrogen) atoms. The van der Waals surface area contributed by atoms with Crippen molar-refractivity contribution in [2.24, 2.45) is 5.16 Å². The van der Waals surface area contributed by atoms with Crippen LogP contribution in [0.3, 0.4) is 0 Å². The highest BCUT2D eigenvalue weighted by Crippen LogP contribution is 2.31. The number of pyridine rings is 1. The average molecular weight is 451 g/mol. The zero-order valence-electron chi connectivity index (χ0n) is 13.3. The molecule has 0 aliphatic carbocycles. The molecule has 1 aromatic heterocycles. The van der Waals surface area contributed by atoms with E-state index in [1.165, 1.54) is 25.4 Å². The van der Waals surface area contributed by atoms with E-state index >= 15 is 0 Å². The van der Waals surface area contributed by atoms with Crippen molar-refractivity contribution in [3.05, 3.63) is 62.8 Å². The summed E-state index contributed by atoms with van der Waals surface area (Å²) in [5, 5.41) is 6.35. The number of benzene rings is 1. The van der Waals surface area contributed by atoms with Crippen LogP contribution in [0.1, 0.15) is 21.6 Å². The van der Waals surface area contributed by atoms with Crippen LogP contribution < -0.4 is 5.32 Å². The predicted molar refractivity (Wildman–Crippen MR) is 94.3 cm³/mol. The van der Waals surface area contributed by atoms with Gasteiger partial charge in [-0.25, -0.2) is 0 Å². The molecule has 0 saturated carbocycles. The summed E-state index contributed by atoms with van der Waals surface area (Å²) in [5.41, 5.74) is -1.13. The summed E-state index contributed by atoms with van der Waals surface area (Å²) in [7, 11) is 1.29. The van der Waals surface area contributed by atoms with Gasteiger partial charge < -0.3 is 10.2 Å². The highest BCUT2D eigenvalue weighted by atomic mass is 79.9. The molecule has 0 aliphatic rings. The second-order valence-electron chi connectivity index (χ2n) is 4.93. The molecule has 0 fully saturated rings. The van der Waals surface area contributed by atoms with Crippen LogP contribution in [0.15, 0.2) is 46.2 Å². The maximum absolute atomic E-state index is 13.0. The van der Waals surface area contributed by atoms with Crippen LogP contribution in [-0.4, -0.2) is 30.3 Å². The van der Waals surface area contributed by atoms with Crippen LogP contribution in [0.4, 0.5) is 13.2 Å². The van der Waals surface area contributed by atoms with Crippen molar-refractivity contribution in [3.8, 4) is 0 Å². The number of hydrogen-bond acceptors (Lipinski definition) is 4. The Bertz CT molecular complexity index is 844. The zero-order chi connectivity index (χ0) is 19.3. The van der Waals surface area contributed by atoms with Crippen LogP contribution in [0.2, 0.25) is 5.02 Å². The third-order valence-corrected chi connectivity index (χ3v) is 3.90. The number of nitrogens with zero attached hydrogens (tertiary/aromatic N) is 2. The average Bonchev–Trinajstić information content (AvgIpc) is 2.58. The quantitative estimate of drug-likeness (QED) is 0.546. The lowest BCUT2D eigenvalue weighted by Gasteiger charge is -2.13. The summed E-state index contributed by atoms with van der Waals surface area (Å²) in [5.74, 6) is -0.907. The van der Waals surface area contributed by atoms with Crippen molar-refractivity contribution in [1.29, 1.82) is 0 Å². The highest BCUT2D eigenvalue weighted by molar-refractivity contribution is 9.10. The van der Waals surface area contributed by atoms with Gasteiger partial charge in [0.15, 0.2) is 0 Å². The Hall–Kier alpha value is -2.13. The van der Waals surface area contributed by atoms with E-state index in [4.69, 9.17) is 16.4 Å². The molecule has 0 atom stereocenters. The first-order valence-corrected chi connectivity index (χ1v) is 8.27. The largest absolute Gasteiger partial charge is 0.417 e. The Labute approximate surface area is 160 Å². The topological polar surface area (TPSA) is 63.6 Å². The predicted octanol–water partition coefficient (Wildman–Crippen LogP) is 4.30. The van der Waals surface area contributed by atoms with Gasteiger partial charge >= 0.3 is 6.18 Å². The Morgan fingerprint density at radius 2 is 2.08 bits per heavy atom. The molecule has 0 unspecified atom stereocenters. The molecule has 0 radical (unpaired) electrons. The molecular weight excluding hydrogens is 439 g/mol. The normalized spacial score (nSPS) is 12.0. The molecule has 10 heteroatoms. The minimum Gasteiger partial charge on any atom is -0.399 e. The van der Waals surface area contributed by atoms with E-state index in [1.54, 1.807) is 6.07 Å². The number of oxime groups is 1. The zero-order valence-corrected chi connectivity index (χ0v) is 15.6. The van der Waals surface area contributed by atoms with Gasteiger partial charge in [-0.1, -0.05) is 28.9 Å². The van der Waals surface area contributed by atoms with Crippen molar-refractivity contribution in [2.75, 3.05) is 13.7 Å². The van der Waals surface area contributed by atoms with Crippen LogP contribution >= 0.6 is 27.5 Å². The van der Waals surface area contributed by atoms with Gasteiger partial charge in [0.25, 0.3) is 5.91 Å². The lowest BCUT2D eigenvalue weighted by molar-refractivity contribution is -0.137. The number of halogens is 5. The van der Waals surface area contributed by atoms with Gasteiger partial charge in [-0.15, -0.1) is 0 Å². The molecule has 0 spiro atoms. The highest BCUT2D eigenvalue weighted by Gasteiger charge is 2.34. The Morgan fingerprint density at radius 1 is 1.38 bits per heavy atom. The third kappa shape index (κ3) is 4.95. The second kappa shape index (κ2) is 8.50. The van der Waals surface area contributed by atoms with Gasteiger partial charge in [0.05, 0.1) is 22.7 Å². The lowest BCUT2D eigenvalue weighted by atomic mass is 10.1. The summed E-state index contributed by atoms with van der Waals surface area (Å²) in [6, 6.07) is 6.06. The summed E-state index contributed by atoms with van der Waals surface area (Å²) in [4.78, 5) is 21.0. The van der Waals surface area contributed by atoms with Gasteiger partial charge in [-0.2, -0.15) is 13.2 Å². The van der Waals surface area contributed by atoms with E-state index in [-0.39, 0.29) is 23.0 Å². The first kappa shape index (κ1) is 20.2. The van der Waals surface area contributed by atoms with Crippen LogP contribution in [0.25, 0.3) is 0 Å². The van der Waals surface area contributed by atoms with Gasteiger partial charge in [0.1, 0.15) is 18.5 Å². The number of carbonyl (C=O) groups excluding carboxylic acids is 1. The molecule has 1 aromatic carbocycles. The fraction of sp³-hybridized carbons (Fsp3) is 0.188. The molecule has 0 bridgehead atoms. The first-order chi connectivity index (χ1) is 12.2. The number of rotatable bonds is 5. The fourth-order valence-electron chi connectivity index (χ4n) is 2.08. The Morgan fingerprint density at radius 3 is 2.69 bits per heavy atom. The fourth-order valence-corrected chi connectivity index (χ4v) is 2.82. The molecule has 0 saturated heterocycles. The number of hydrogen-bond donors (Lipinski definition) is 1. The standard InChI is InChI=1S/C16H12BrClF3N3O2/c1-26-24-13(14-12(18)6-9(17)7-22-14)8-23-15(25)10-4-2-3-5-11(10)16(19,20)21/h2-7H,8H2,1H3,(H,23,25)/b24-13+. The molecule has 1 heterocycles. The molecule has 138 valence electrons. The van der Waals surface area contributed by atoms with Gasteiger partial charge in [0.2, 0.25) is 0 Å². The van der Waals surface area contributed by atoms with E-state index < -0.39 is 23.2 Å². The van der Waals surface area contributed by atoms with Gasteiger partial charge in [-0.05, 0) is 34.1 Å². The summed E-state index contributed by atoms with van der Waals surface area (Å²) < 4.78 is 39.7. The monoisotopic (exact) mass is 449 g/mol. The number of aromatic nitrogens is 1. The van der Waals surface area contributed by atoms with E-state index in [0.29, 0.717) is 4.47 Å². The molecule has 5 nitrogen and oxygen atoms in total. The van der Waals surface area contributed by atoms with E-state index in [1.807, 2.05) is 0 Å². The molecular formula is C16H12BrClF3N3O2. The number of alkyl halides is 3. The van der Waals surface area contributed by atoms with Gasteiger partial charge in [0, 0.05) is 10.7 Å². The maximum atomic E-state index is 13.0. The molecule has 2 aromatic rings. The van der Waals surface area contributed by atoms with Crippen molar-refractivity contribution in [2.45, 2.75) is 6.18 Å². The minimum absolute atomic E-state index is 0.155.